The summed E-state index contributed by atoms with van der Waals surface area (Å²) in [4.78, 5) is 35.8. The summed E-state index contributed by atoms with van der Waals surface area (Å²) < 4.78 is 0. The highest BCUT2D eigenvalue weighted by molar-refractivity contribution is 8.00. The molecule has 1 rings (SSSR count). The molecule has 2 unspecified atom stereocenters. The third kappa shape index (κ3) is 4.95. The highest BCUT2D eigenvalue weighted by Gasteiger charge is 2.42. The van der Waals surface area contributed by atoms with Crippen LogP contribution in [-0.2, 0) is 14.4 Å². The van der Waals surface area contributed by atoms with Crippen LogP contribution in [0.25, 0.3) is 0 Å². The largest absolute Gasteiger partial charge is 0.325 e. The standard InChI is InChI=1S/C11H18N2O3S.C2H6/c1-11(2,12)5-7(6-14)13-9(15)4-8(17-3)10(13)16;1-2/h6-8H,4-5,12H2,1-3H3;1-2H3. The molecule has 0 aromatic heterocycles. The van der Waals surface area contributed by atoms with E-state index in [2.05, 4.69) is 0 Å². The lowest BCUT2D eigenvalue weighted by Gasteiger charge is -2.28. The predicted octanol–water partition coefficient (Wildman–Crippen LogP) is 1.20. The lowest BCUT2D eigenvalue weighted by Crippen LogP contribution is -2.47. The van der Waals surface area contributed by atoms with Crippen molar-refractivity contribution in [3.05, 3.63) is 0 Å². The fourth-order valence-corrected chi connectivity index (χ4v) is 2.52. The summed E-state index contributed by atoms with van der Waals surface area (Å²) in [5, 5.41) is -0.356. The molecule has 2 N–H and O–H groups in total. The van der Waals surface area contributed by atoms with Crippen molar-refractivity contribution in [2.45, 2.75) is 57.4 Å². The first kappa shape index (κ1) is 18.1. The molecule has 1 saturated heterocycles. The number of hydrogen-bond acceptors (Lipinski definition) is 5. The first-order chi connectivity index (χ1) is 8.80. The van der Waals surface area contributed by atoms with Crippen molar-refractivity contribution in [3.8, 4) is 0 Å². The van der Waals surface area contributed by atoms with Gasteiger partial charge < -0.3 is 10.5 Å². The quantitative estimate of drug-likeness (QED) is 0.607. The van der Waals surface area contributed by atoms with Crippen LogP contribution < -0.4 is 5.73 Å². The number of aldehydes is 1. The van der Waals surface area contributed by atoms with Gasteiger partial charge in [0.05, 0.1) is 11.3 Å². The molecule has 0 aliphatic carbocycles. The molecule has 0 radical (unpaired) electrons. The van der Waals surface area contributed by atoms with Crippen molar-refractivity contribution in [2.24, 2.45) is 5.73 Å². The Morgan fingerprint density at radius 3 is 2.32 bits per heavy atom. The zero-order valence-electron chi connectivity index (χ0n) is 12.3. The average molecular weight is 288 g/mol. The Bertz CT molecular complexity index is 339. The molecule has 2 amide bonds. The van der Waals surface area contributed by atoms with E-state index in [1.165, 1.54) is 11.8 Å². The van der Waals surface area contributed by atoms with Crippen LogP contribution in [0.2, 0.25) is 0 Å². The molecule has 1 aliphatic rings. The number of amides is 2. The molecule has 1 aliphatic heterocycles. The van der Waals surface area contributed by atoms with Gasteiger partial charge in [0.1, 0.15) is 6.29 Å². The van der Waals surface area contributed by atoms with Gasteiger partial charge in [0.25, 0.3) is 0 Å². The average Bonchev–Trinajstić information content (AvgIpc) is 2.63. The van der Waals surface area contributed by atoms with Gasteiger partial charge in [-0.25, -0.2) is 0 Å². The first-order valence-corrected chi connectivity index (χ1v) is 7.72. The second-order valence-corrected chi connectivity index (χ2v) is 5.97. The van der Waals surface area contributed by atoms with Gasteiger partial charge >= 0.3 is 0 Å². The second kappa shape index (κ2) is 7.65. The van der Waals surface area contributed by atoms with Gasteiger partial charge in [0.2, 0.25) is 11.8 Å². The van der Waals surface area contributed by atoms with Crippen molar-refractivity contribution in [2.75, 3.05) is 6.26 Å². The Kier molecular flexibility index (Phi) is 7.29. The molecule has 1 fully saturated rings. The van der Waals surface area contributed by atoms with Gasteiger partial charge in [0.15, 0.2) is 0 Å². The normalized spacial score (nSPS) is 20.9. The van der Waals surface area contributed by atoms with Crippen LogP contribution in [0.15, 0.2) is 0 Å². The third-order valence-corrected chi connectivity index (χ3v) is 3.59. The SMILES string of the molecule is CC.CSC1CC(=O)N(C(C=O)CC(C)(C)N)C1=O. The van der Waals surface area contributed by atoms with E-state index >= 15 is 0 Å². The van der Waals surface area contributed by atoms with E-state index in [1.807, 2.05) is 13.8 Å². The van der Waals surface area contributed by atoms with Crippen LogP contribution >= 0.6 is 11.8 Å². The fourth-order valence-electron chi connectivity index (χ4n) is 1.89. The number of rotatable bonds is 5. The molecule has 5 nitrogen and oxygen atoms in total. The third-order valence-electron chi connectivity index (χ3n) is 2.65. The minimum atomic E-state index is -0.743. The summed E-state index contributed by atoms with van der Waals surface area (Å²) in [6, 6.07) is -0.743. The number of imide groups is 1. The van der Waals surface area contributed by atoms with E-state index in [1.54, 1.807) is 20.1 Å². The summed E-state index contributed by atoms with van der Waals surface area (Å²) in [6.45, 7) is 7.53. The molecule has 0 saturated carbocycles. The Morgan fingerprint density at radius 1 is 1.47 bits per heavy atom. The zero-order valence-corrected chi connectivity index (χ0v) is 13.1. The van der Waals surface area contributed by atoms with Gasteiger partial charge in [0, 0.05) is 12.0 Å². The Labute approximate surface area is 119 Å². The predicted molar refractivity (Wildman–Crippen MR) is 77.9 cm³/mol. The molecule has 0 aromatic rings. The van der Waals surface area contributed by atoms with Crippen LogP contribution in [0, 0.1) is 0 Å². The smallest absolute Gasteiger partial charge is 0.243 e. The number of carbonyl (C=O) groups is 3. The highest BCUT2D eigenvalue weighted by Crippen LogP contribution is 2.26. The Morgan fingerprint density at radius 2 is 2.00 bits per heavy atom. The molecule has 6 heteroatoms. The zero-order chi connectivity index (χ0) is 15.2. The second-order valence-electron chi connectivity index (χ2n) is 4.93. The number of nitrogens with two attached hydrogens (primary N) is 1. The van der Waals surface area contributed by atoms with E-state index < -0.39 is 11.6 Å². The van der Waals surface area contributed by atoms with E-state index in [-0.39, 0.29) is 29.9 Å². The molecule has 0 bridgehead atoms. The number of thioether (sulfide) groups is 1. The number of likely N-dealkylation sites (tertiary alicyclic amines) is 1. The van der Waals surface area contributed by atoms with Gasteiger partial charge in [-0.2, -0.15) is 11.8 Å². The summed E-state index contributed by atoms with van der Waals surface area (Å²) in [5.41, 5.74) is 5.23. The maximum absolute atomic E-state index is 11.9. The van der Waals surface area contributed by atoms with E-state index in [0.29, 0.717) is 6.29 Å². The molecular formula is C13H24N2O3S. The van der Waals surface area contributed by atoms with Crippen molar-refractivity contribution >= 4 is 29.9 Å². The van der Waals surface area contributed by atoms with Crippen LogP contribution in [-0.4, -0.2) is 46.1 Å². The van der Waals surface area contributed by atoms with Gasteiger partial charge in [-0.15, -0.1) is 0 Å². The molecule has 1 heterocycles. The van der Waals surface area contributed by atoms with E-state index in [0.717, 1.165) is 4.90 Å². The van der Waals surface area contributed by atoms with Crippen LogP contribution in [0.1, 0.15) is 40.5 Å². The summed E-state index contributed by atoms with van der Waals surface area (Å²) in [5.74, 6) is -0.556. The van der Waals surface area contributed by atoms with Crippen molar-refractivity contribution in [3.63, 3.8) is 0 Å². The number of hydrogen-bond donors (Lipinski definition) is 1. The van der Waals surface area contributed by atoms with Crippen molar-refractivity contribution in [1.82, 2.24) is 4.90 Å². The molecular weight excluding hydrogens is 264 g/mol. The maximum atomic E-state index is 11.9. The molecule has 19 heavy (non-hydrogen) atoms. The number of nitrogens with zero attached hydrogens (tertiary/aromatic N) is 1. The summed E-state index contributed by atoms with van der Waals surface area (Å²) in [7, 11) is 0. The van der Waals surface area contributed by atoms with Crippen LogP contribution in [0.5, 0.6) is 0 Å². The molecule has 0 aromatic carbocycles. The minimum Gasteiger partial charge on any atom is -0.325 e. The topological polar surface area (TPSA) is 80.5 Å². The highest BCUT2D eigenvalue weighted by atomic mass is 32.2. The van der Waals surface area contributed by atoms with Gasteiger partial charge in [-0.05, 0) is 26.5 Å². The van der Waals surface area contributed by atoms with E-state index in [4.69, 9.17) is 5.73 Å². The van der Waals surface area contributed by atoms with Gasteiger partial charge in [-0.3, -0.25) is 14.5 Å². The van der Waals surface area contributed by atoms with Crippen LogP contribution in [0.3, 0.4) is 0 Å². The lowest BCUT2D eigenvalue weighted by atomic mass is 9.96. The van der Waals surface area contributed by atoms with Crippen molar-refractivity contribution < 1.29 is 14.4 Å². The maximum Gasteiger partial charge on any atom is 0.243 e. The minimum absolute atomic E-state index is 0.176. The fraction of sp³-hybridized carbons (Fsp3) is 0.769. The monoisotopic (exact) mass is 288 g/mol. The molecule has 110 valence electrons. The van der Waals surface area contributed by atoms with E-state index in [9.17, 15) is 14.4 Å². The Balaban J connectivity index is 0.00000154. The lowest BCUT2D eigenvalue weighted by molar-refractivity contribution is -0.143. The molecule has 2 atom stereocenters. The van der Waals surface area contributed by atoms with Crippen molar-refractivity contribution in [1.29, 1.82) is 0 Å². The summed E-state index contributed by atoms with van der Waals surface area (Å²) in [6.07, 6.45) is 2.87. The van der Waals surface area contributed by atoms with Crippen LogP contribution in [0.4, 0.5) is 0 Å². The molecule has 0 spiro atoms. The first-order valence-electron chi connectivity index (χ1n) is 6.43. The number of carbonyl (C=O) groups excluding carboxylic acids is 3. The van der Waals surface area contributed by atoms with Gasteiger partial charge in [-0.1, -0.05) is 13.8 Å². The summed E-state index contributed by atoms with van der Waals surface area (Å²) >= 11 is 1.33. The Hall–Kier alpha value is -0.880.